The van der Waals surface area contributed by atoms with E-state index >= 15 is 0 Å². The van der Waals surface area contributed by atoms with Crippen molar-refractivity contribution in [3.05, 3.63) is 159 Å². The summed E-state index contributed by atoms with van der Waals surface area (Å²) >= 11 is 12.1. The Morgan fingerprint density at radius 3 is 1.38 bits per heavy atom. The molecule has 8 rings (SSSR count). The van der Waals surface area contributed by atoms with Crippen molar-refractivity contribution >= 4 is 73.1 Å². The van der Waals surface area contributed by atoms with E-state index in [1.54, 1.807) is 67.0 Å². The molecule has 2 aliphatic carbocycles. The lowest BCUT2D eigenvalue weighted by Crippen LogP contribution is -2.36. The highest BCUT2D eigenvalue weighted by atomic mass is 35.5. The first-order valence-electron chi connectivity index (χ1n) is 25.3. The van der Waals surface area contributed by atoms with Crippen molar-refractivity contribution in [1.29, 1.82) is 0 Å². The maximum Gasteiger partial charge on any atom is 0.308 e. The Morgan fingerprint density at radius 2 is 0.987 bits per heavy atom. The lowest BCUT2D eigenvalue weighted by Gasteiger charge is -2.32. The standard InChI is InChI=1S/C28H34ClN5O2S.C20H17ClFN3O2S.C8H18N2.CH4/c1-4-26-21(11-12-23(32-26)19-37(35,36)27-8-6-5-7-25(27)29)10-9-20-17-30-28(31-18-20)33-22-13-15-24(16-14-22)34(2)3;1-2-18-15(8-7-14-11-23-20(22)24-12-14)9-10-16(25-18)13-28(26,27)19-6-4-3-5-17(19)21;1-10(2)8-5-3-7(9)4-6-8;/h5-12,17-18,22,24H,4,13-16,19H2,1-3H3,(H,30,31,33);3-12H,2,13H2,1H3;7-8H,3-6,9H2,1-2H3;1H4/b10-9+;8-7+;;. The highest BCUT2D eigenvalue weighted by molar-refractivity contribution is 7.91. The van der Waals surface area contributed by atoms with Gasteiger partial charge in [-0.3, -0.25) is 9.97 Å². The van der Waals surface area contributed by atoms with Crippen molar-refractivity contribution in [2.24, 2.45) is 5.73 Å². The molecule has 2 fully saturated rings. The zero-order chi connectivity index (χ0) is 54.1. The van der Waals surface area contributed by atoms with Crippen LogP contribution in [-0.4, -0.2) is 109 Å². The number of aryl methyl sites for hydroxylation is 2. The molecule has 0 atom stereocenters. The van der Waals surface area contributed by atoms with Gasteiger partial charge in [-0.2, -0.15) is 4.39 Å². The summed E-state index contributed by atoms with van der Waals surface area (Å²) in [5.41, 5.74) is 11.6. The summed E-state index contributed by atoms with van der Waals surface area (Å²) in [7, 11) is 1.40. The minimum atomic E-state index is -3.61. The average molecular weight is 1120 g/mol. The summed E-state index contributed by atoms with van der Waals surface area (Å²) < 4.78 is 63.8. The van der Waals surface area contributed by atoms with Gasteiger partial charge in [0.05, 0.1) is 42.7 Å². The summed E-state index contributed by atoms with van der Waals surface area (Å²) in [6.45, 7) is 3.94. The number of aromatic nitrogens is 6. The molecular weight excluding hydrogens is 1040 g/mol. The zero-order valence-corrected chi connectivity index (χ0v) is 46.7. The third-order valence-corrected chi connectivity index (χ3v) is 17.6. The fourth-order valence-electron chi connectivity index (χ4n) is 8.90. The number of halogens is 3. The molecule has 0 radical (unpaired) electrons. The molecule has 2 saturated carbocycles. The van der Waals surface area contributed by atoms with Gasteiger partial charge in [-0.05, 0) is 140 Å². The van der Waals surface area contributed by atoms with Crippen LogP contribution in [0.25, 0.3) is 24.3 Å². The molecule has 0 spiro atoms. The normalized spacial score (nSPS) is 17.9. The van der Waals surface area contributed by atoms with Crippen molar-refractivity contribution in [1.82, 2.24) is 39.7 Å². The van der Waals surface area contributed by atoms with Crippen molar-refractivity contribution in [2.45, 2.75) is 131 Å². The predicted octanol–water partition coefficient (Wildman–Crippen LogP) is 11.3. The Kier molecular flexibility index (Phi) is 23.6. The van der Waals surface area contributed by atoms with Crippen LogP contribution in [0.2, 0.25) is 10.0 Å². The van der Waals surface area contributed by atoms with Crippen LogP contribution in [0.3, 0.4) is 0 Å². The molecule has 0 aliphatic heterocycles. The quantitative estimate of drug-likeness (QED) is 0.0870. The first-order chi connectivity index (χ1) is 35.8. The maximum absolute atomic E-state index is 12.9. The molecule has 6 aromatic rings. The Hall–Kier alpha value is -5.53. The Balaban J connectivity index is 0.000000240. The van der Waals surface area contributed by atoms with Gasteiger partial charge in [0.15, 0.2) is 19.7 Å². The number of nitrogens with zero attached hydrogens (tertiary/aromatic N) is 8. The van der Waals surface area contributed by atoms with Gasteiger partial charge in [-0.25, -0.2) is 36.8 Å². The van der Waals surface area contributed by atoms with E-state index in [0.717, 1.165) is 47.0 Å². The van der Waals surface area contributed by atoms with Crippen molar-refractivity contribution in [3.8, 4) is 0 Å². The van der Waals surface area contributed by atoms with Crippen molar-refractivity contribution in [2.75, 3.05) is 33.5 Å². The summed E-state index contributed by atoms with van der Waals surface area (Å²) in [4.78, 5) is 29.9. The Labute approximate surface area is 460 Å². The van der Waals surface area contributed by atoms with Gasteiger partial charge in [0.1, 0.15) is 0 Å². The van der Waals surface area contributed by atoms with Gasteiger partial charge >= 0.3 is 6.08 Å². The molecular formula is C57H73Cl2FN10O4S2. The Bertz CT molecular complexity index is 3080. The van der Waals surface area contributed by atoms with Crippen LogP contribution < -0.4 is 11.1 Å². The monoisotopic (exact) mass is 1110 g/mol. The third-order valence-electron chi connectivity index (χ3n) is 13.3. The van der Waals surface area contributed by atoms with E-state index in [1.165, 1.54) is 63.1 Å². The van der Waals surface area contributed by atoms with E-state index in [2.05, 4.69) is 73.2 Å². The second-order valence-electron chi connectivity index (χ2n) is 19.2. The van der Waals surface area contributed by atoms with E-state index < -0.39 is 25.8 Å². The van der Waals surface area contributed by atoms with Gasteiger partial charge in [-0.15, -0.1) is 0 Å². The number of nitrogens with two attached hydrogens (primary N) is 1. The van der Waals surface area contributed by atoms with E-state index in [0.29, 0.717) is 53.9 Å². The molecule has 2 aromatic carbocycles. The molecule has 19 heteroatoms. The summed E-state index contributed by atoms with van der Waals surface area (Å²) in [5, 5.41) is 3.88. The second kappa shape index (κ2) is 29.3. The predicted molar refractivity (Wildman–Crippen MR) is 308 cm³/mol. The topological polar surface area (TPSA) is 190 Å². The van der Waals surface area contributed by atoms with Crippen LogP contribution in [0.15, 0.2) is 107 Å². The molecule has 4 aromatic heterocycles. The third kappa shape index (κ3) is 18.3. The number of hydrogen-bond donors (Lipinski definition) is 2. The number of anilines is 1. The van der Waals surface area contributed by atoms with Crippen molar-refractivity contribution < 1.29 is 21.2 Å². The number of pyridine rings is 2. The molecule has 0 unspecified atom stereocenters. The van der Waals surface area contributed by atoms with Crippen LogP contribution in [0.4, 0.5) is 10.3 Å². The highest BCUT2D eigenvalue weighted by Gasteiger charge is 2.24. The maximum atomic E-state index is 12.9. The zero-order valence-electron chi connectivity index (χ0n) is 43.6. The molecule has 0 amide bonds. The van der Waals surface area contributed by atoms with Crippen molar-refractivity contribution in [3.63, 3.8) is 0 Å². The minimum absolute atomic E-state index is 0. The van der Waals surface area contributed by atoms with Crippen LogP contribution >= 0.6 is 23.2 Å². The number of nitrogens with one attached hydrogen (secondary N) is 1. The van der Waals surface area contributed by atoms with E-state index in [-0.39, 0.29) is 38.8 Å². The second-order valence-corrected chi connectivity index (χ2v) is 23.9. The van der Waals surface area contributed by atoms with Crippen LogP contribution in [-0.2, 0) is 44.0 Å². The molecule has 2 aliphatic rings. The summed E-state index contributed by atoms with van der Waals surface area (Å²) in [6, 6.07) is 22.3. The molecule has 14 nitrogen and oxygen atoms in total. The molecule has 76 heavy (non-hydrogen) atoms. The van der Waals surface area contributed by atoms with Gasteiger partial charge in [0.25, 0.3) is 0 Å². The molecule has 0 saturated heterocycles. The Morgan fingerprint density at radius 1 is 0.592 bits per heavy atom. The number of rotatable bonds is 16. The lowest BCUT2D eigenvalue weighted by molar-refractivity contribution is 0.217. The minimum Gasteiger partial charge on any atom is -0.351 e. The highest BCUT2D eigenvalue weighted by Crippen LogP contribution is 2.28. The molecule has 3 N–H and O–H groups in total. The first-order valence-corrected chi connectivity index (χ1v) is 29.3. The van der Waals surface area contributed by atoms with Crippen LogP contribution in [0.5, 0.6) is 0 Å². The summed E-state index contributed by atoms with van der Waals surface area (Å²) in [6.07, 6.45) is 24.0. The van der Waals surface area contributed by atoms with E-state index in [1.807, 2.05) is 44.2 Å². The van der Waals surface area contributed by atoms with Crippen LogP contribution in [0, 0.1) is 6.08 Å². The number of hydrogen-bond acceptors (Lipinski definition) is 14. The van der Waals surface area contributed by atoms with Gasteiger partial charge in [0, 0.05) is 71.5 Å². The van der Waals surface area contributed by atoms with Crippen LogP contribution in [0.1, 0.15) is 118 Å². The SMILES string of the molecule is C.CCc1nc(CS(=O)(=O)c2ccccc2Cl)ccc1/C=C/c1cnc(F)nc1.CCc1nc(CS(=O)(=O)c2ccccc2Cl)ccc1/C=C/c1cnc(NC2CCC(N(C)C)CC2)nc1.CN(C)C1CCC(N)CC1. The van der Waals surface area contributed by atoms with Gasteiger partial charge in [0.2, 0.25) is 5.95 Å². The largest absolute Gasteiger partial charge is 0.351 e. The molecule has 4 heterocycles. The fraction of sp³-hybridized carbons (Fsp3) is 0.404. The first kappa shape index (κ1) is 61.3. The van der Waals surface area contributed by atoms with E-state index in [4.69, 9.17) is 28.9 Å². The smallest absolute Gasteiger partial charge is 0.308 e. The van der Waals surface area contributed by atoms with E-state index in [9.17, 15) is 21.2 Å². The van der Waals surface area contributed by atoms with Gasteiger partial charge in [-0.1, -0.05) is 105 Å². The number of benzene rings is 2. The summed E-state index contributed by atoms with van der Waals surface area (Å²) in [5.74, 6) is 0.220. The number of sulfone groups is 2. The average Bonchev–Trinajstić information content (AvgIpc) is 3.39. The lowest BCUT2D eigenvalue weighted by atomic mass is 9.91. The fourth-order valence-corrected chi connectivity index (χ4v) is 12.6. The molecule has 408 valence electrons. The van der Waals surface area contributed by atoms with Gasteiger partial charge < -0.3 is 20.9 Å². The molecule has 0 bridgehead atoms.